The van der Waals surface area contributed by atoms with Gasteiger partial charge in [0, 0.05) is 5.02 Å². The summed E-state index contributed by atoms with van der Waals surface area (Å²) in [4.78, 5) is 32.1. The minimum Gasteiger partial charge on any atom is -0.503 e. The van der Waals surface area contributed by atoms with Crippen molar-refractivity contribution in [2.45, 2.75) is 19.1 Å². The Hall–Kier alpha value is -3.63. The molecule has 2 aromatic carbocycles. The highest BCUT2D eigenvalue weighted by Gasteiger charge is 2.46. The maximum Gasteiger partial charge on any atom is 0.416 e. The van der Waals surface area contributed by atoms with Gasteiger partial charge in [0.05, 0.1) is 27.4 Å². The highest BCUT2D eigenvalue weighted by atomic mass is 35.5. The summed E-state index contributed by atoms with van der Waals surface area (Å²) in [6.45, 7) is 1.62. The van der Waals surface area contributed by atoms with E-state index in [1.165, 1.54) is 6.07 Å². The summed E-state index contributed by atoms with van der Waals surface area (Å²) in [5.74, 6) is -2.19. The van der Waals surface area contributed by atoms with Gasteiger partial charge < -0.3 is 9.52 Å². The summed E-state index contributed by atoms with van der Waals surface area (Å²) in [7, 11) is 0. The zero-order valence-electron chi connectivity index (χ0n) is 17.8. The van der Waals surface area contributed by atoms with Gasteiger partial charge in [-0.15, -0.1) is 0 Å². The number of hydrogen-bond donors (Lipinski definition) is 1. The van der Waals surface area contributed by atoms with Crippen molar-refractivity contribution >= 4 is 50.0 Å². The van der Waals surface area contributed by atoms with Crippen molar-refractivity contribution in [2.24, 2.45) is 0 Å². The predicted octanol–water partition coefficient (Wildman–Crippen LogP) is 6.65. The summed E-state index contributed by atoms with van der Waals surface area (Å²) >= 11 is 7.14. The number of ketones is 1. The molecular weight excluding hydrogens is 505 g/mol. The molecule has 0 bridgehead atoms. The summed E-state index contributed by atoms with van der Waals surface area (Å²) in [6.07, 6.45) is -4.57. The third kappa shape index (κ3) is 3.98. The number of furan rings is 1. The van der Waals surface area contributed by atoms with E-state index in [-0.39, 0.29) is 22.0 Å². The average Bonchev–Trinajstić information content (AvgIpc) is 3.49. The number of anilines is 1. The first kappa shape index (κ1) is 23.1. The number of aliphatic hydroxyl groups excluding tert-OH is 1. The summed E-state index contributed by atoms with van der Waals surface area (Å²) < 4.78 is 45.5. The van der Waals surface area contributed by atoms with Gasteiger partial charge >= 0.3 is 6.18 Å². The Morgan fingerprint density at radius 2 is 1.86 bits per heavy atom. The van der Waals surface area contributed by atoms with Gasteiger partial charge in [-0.1, -0.05) is 35.1 Å². The van der Waals surface area contributed by atoms with Crippen LogP contribution in [0.4, 0.5) is 18.3 Å². The highest BCUT2D eigenvalue weighted by molar-refractivity contribution is 7.22. The average molecular weight is 519 g/mol. The number of fused-ring (bicyclic) bond motifs is 1. The first-order valence-electron chi connectivity index (χ1n) is 10.2. The van der Waals surface area contributed by atoms with E-state index in [9.17, 15) is 27.9 Å². The molecule has 1 aliphatic rings. The molecule has 0 saturated heterocycles. The van der Waals surface area contributed by atoms with E-state index in [1.807, 2.05) is 0 Å². The molecule has 5 rings (SSSR count). The Morgan fingerprint density at radius 3 is 2.49 bits per heavy atom. The number of aliphatic hydroxyl groups is 1. The molecule has 0 spiro atoms. The van der Waals surface area contributed by atoms with Gasteiger partial charge in [-0.25, -0.2) is 4.98 Å². The number of nitrogens with zero attached hydrogens (tertiary/aromatic N) is 2. The molecule has 1 aliphatic heterocycles. The molecule has 4 aromatic rings. The Bertz CT molecular complexity index is 1520. The molecule has 2 aromatic heterocycles. The second kappa shape index (κ2) is 8.24. The highest BCUT2D eigenvalue weighted by Crippen LogP contribution is 2.45. The smallest absolute Gasteiger partial charge is 0.416 e. The topological polar surface area (TPSA) is 83.6 Å². The molecule has 0 radical (unpaired) electrons. The number of Topliss-reactive ketones (excluding diaryl/α,β-unsaturated/α-hetero) is 1. The van der Waals surface area contributed by atoms with Crippen LogP contribution in [0.25, 0.3) is 10.2 Å². The molecule has 0 aliphatic carbocycles. The number of hydrogen-bond acceptors (Lipinski definition) is 6. The molecule has 178 valence electrons. The van der Waals surface area contributed by atoms with E-state index in [0.29, 0.717) is 21.0 Å². The standard InChI is InChI=1S/C24H14ClF3N2O4S/c1-11-2-9-16(34-11)20(31)18-19(12-3-5-13(6-4-12)24(26,27)28)30(22(33)21(18)32)23-29-15-8-7-14(25)10-17(15)35-23/h2-10,19,32H,1H3. The van der Waals surface area contributed by atoms with E-state index in [0.717, 1.165) is 40.5 Å². The fraction of sp³-hybridized carbons (Fsp3) is 0.125. The minimum absolute atomic E-state index is 0.119. The second-order valence-electron chi connectivity index (χ2n) is 7.81. The molecule has 1 unspecified atom stereocenters. The lowest BCUT2D eigenvalue weighted by molar-refractivity contribution is -0.137. The van der Waals surface area contributed by atoms with Crippen molar-refractivity contribution in [1.82, 2.24) is 4.98 Å². The van der Waals surface area contributed by atoms with Crippen LogP contribution in [0.5, 0.6) is 0 Å². The van der Waals surface area contributed by atoms with Crippen LogP contribution in [0, 0.1) is 6.92 Å². The van der Waals surface area contributed by atoms with Crippen LogP contribution in [0.15, 0.2) is 70.3 Å². The molecule has 3 heterocycles. The monoisotopic (exact) mass is 518 g/mol. The van der Waals surface area contributed by atoms with E-state index in [2.05, 4.69) is 4.98 Å². The number of halogens is 4. The van der Waals surface area contributed by atoms with E-state index in [1.54, 1.807) is 31.2 Å². The van der Waals surface area contributed by atoms with E-state index < -0.39 is 35.2 Å². The molecule has 1 N–H and O–H groups in total. The van der Waals surface area contributed by atoms with Crippen molar-refractivity contribution in [1.29, 1.82) is 0 Å². The zero-order valence-corrected chi connectivity index (χ0v) is 19.3. The molecule has 11 heteroatoms. The van der Waals surface area contributed by atoms with Crippen LogP contribution in [-0.4, -0.2) is 21.8 Å². The molecular formula is C24H14ClF3N2O4S. The number of alkyl halides is 3. The Morgan fingerprint density at radius 1 is 1.14 bits per heavy atom. The number of carbonyl (C=O) groups is 2. The van der Waals surface area contributed by atoms with Crippen molar-refractivity contribution < 1.29 is 32.3 Å². The van der Waals surface area contributed by atoms with E-state index >= 15 is 0 Å². The third-order valence-electron chi connectivity index (χ3n) is 5.52. The van der Waals surface area contributed by atoms with Crippen molar-refractivity contribution in [3.05, 3.63) is 93.6 Å². The van der Waals surface area contributed by atoms with Crippen molar-refractivity contribution in [2.75, 3.05) is 4.90 Å². The summed E-state index contributed by atoms with van der Waals surface area (Å²) in [5.41, 5.74) is -0.510. The number of amides is 1. The summed E-state index contributed by atoms with van der Waals surface area (Å²) in [5, 5.41) is 11.4. The lowest BCUT2D eigenvalue weighted by Gasteiger charge is -2.24. The van der Waals surface area contributed by atoms with Crippen molar-refractivity contribution in [3.8, 4) is 0 Å². The predicted molar refractivity (Wildman–Crippen MR) is 124 cm³/mol. The lowest BCUT2D eigenvalue weighted by atomic mass is 9.94. The number of aromatic nitrogens is 1. The quantitative estimate of drug-likeness (QED) is 0.306. The maximum absolute atomic E-state index is 13.3. The molecule has 0 saturated carbocycles. The van der Waals surface area contributed by atoms with Crippen LogP contribution >= 0.6 is 22.9 Å². The SMILES string of the molecule is Cc1ccc(C(=O)C2=C(O)C(=O)N(c3nc4ccc(Cl)cc4s3)C2c2ccc(C(F)(F)F)cc2)o1. The molecule has 6 nitrogen and oxygen atoms in total. The van der Waals surface area contributed by atoms with Crippen LogP contribution in [-0.2, 0) is 11.0 Å². The molecule has 35 heavy (non-hydrogen) atoms. The Labute approximate surface area is 204 Å². The van der Waals surface area contributed by atoms with Crippen LogP contribution in [0.2, 0.25) is 5.02 Å². The van der Waals surface area contributed by atoms with Gasteiger partial charge in [0.1, 0.15) is 5.76 Å². The Balaban J connectivity index is 1.67. The number of rotatable bonds is 4. The minimum atomic E-state index is -4.57. The van der Waals surface area contributed by atoms with Crippen LogP contribution in [0.3, 0.4) is 0 Å². The van der Waals surface area contributed by atoms with Gasteiger partial charge in [0.15, 0.2) is 16.7 Å². The maximum atomic E-state index is 13.3. The number of aryl methyl sites for hydroxylation is 1. The van der Waals surface area contributed by atoms with Gasteiger partial charge in [0.2, 0.25) is 5.78 Å². The normalized spacial score (nSPS) is 16.5. The van der Waals surface area contributed by atoms with Gasteiger partial charge in [0.25, 0.3) is 5.91 Å². The number of benzene rings is 2. The fourth-order valence-corrected chi connectivity index (χ4v) is 5.15. The second-order valence-corrected chi connectivity index (χ2v) is 9.25. The van der Waals surface area contributed by atoms with E-state index in [4.69, 9.17) is 16.0 Å². The van der Waals surface area contributed by atoms with Gasteiger partial charge in [-0.3, -0.25) is 14.5 Å². The Kier molecular flexibility index (Phi) is 5.45. The fourth-order valence-electron chi connectivity index (χ4n) is 3.88. The van der Waals surface area contributed by atoms with Crippen molar-refractivity contribution in [3.63, 3.8) is 0 Å². The third-order valence-corrected chi connectivity index (χ3v) is 6.77. The first-order chi connectivity index (χ1) is 16.5. The first-order valence-corrected chi connectivity index (χ1v) is 11.3. The van der Waals surface area contributed by atoms with Crippen LogP contribution < -0.4 is 4.90 Å². The van der Waals surface area contributed by atoms with Gasteiger partial charge in [-0.2, -0.15) is 13.2 Å². The number of carbonyl (C=O) groups excluding carboxylic acids is 2. The largest absolute Gasteiger partial charge is 0.503 e. The number of thiazole rings is 1. The molecule has 1 atom stereocenters. The lowest BCUT2D eigenvalue weighted by Crippen LogP contribution is -2.31. The molecule has 1 amide bonds. The molecule has 0 fully saturated rings. The zero-order chi connectivity index (χ0) is 25.1. The van der Waals surface area contributed by atoms with Gasteiger partial charge in [-0.05, 0) is 55.0 Å². The van der Waals surface area contributed by atoms with Crippen LogP contribution in [0.1, 0.15) is 33.5 Å². The summed E-state index contributed by atoms with van der Waals surface area (Å²) in [6, 6.07) is 10.7.